The summed E-state index contributed by atoms with van der Waals surface area (Å²) in [5.41, 5.74) is 2.49. The van der Waals surface area contributed by atoms with E-state index >= 15 is 0 Å². The summed E-state index contributed by atoms with van der Waals surface area (Å²) in [5, 5.41) is 9.82. The van der Waals surface area contributed by atoms with Gasteiger partial charge >= 0.3 is 0 Å². The second-order valence-electron chi connectivity index (χ2n) is 7.02. The van der Waals surface area contributed by atoms with E-state index < -0.39 is 0 Å². The number of aromatic amines is 1. The van der Waals surface area contributed by atoms with Crippen molar-refractivity contribution in [3.8, 4) is 0 Å². The molecule has 132 valence electrons. The largest absolute Gasteiger partial charge is 0.354 e. The van der Waals surface area contributed by atoms with E-state index in [9.17, 15) is 9.59 Å². The molecule has 0 bridgehead atoms. The van der Waals surface area contributed by atoms with E-state index in [1.165, 1.54) is 19.3 Å². The lowest BCUT2D eigenvalue weighted by atomic mass is 9.88. The van der Waals surface area contributed by atoms with E-state index in [2.05, 4.69) is 20.4 Å². The SMILES string of the molecule is CC(C(=O)NCCN1CCCCC1)c1n[nH]c(=O)c2c1CCCC2. The highest BCUT2D eigenvalue weighted by Crippen LogP contribution is 2.25. The van der Waals surface area contributed by atoms with Crippen molar-refractivity contribution in [3.05, 3.63) is 27.2 Å². The molecule has 2 N–H and O–H groups in total. The lowest BCUT2D eigenvalue weighted by Crippen LogP contribution is -2.39. The Hall–Kier alpha value is -1.69. The summed E-state index contributed by atoms with van der Waals surface area (Å²) in [6, 6.07) is 0. The van der Waals surface area contributed by atoms with Crippen molar-refractivity contribution in [1.82, 2.24) is 20.4 Å². The number of hydrogen-bond donors (Lipinski definition) is 2. The Balaban J connectivity index is 1.60. The van der Waals surface area contributed by atoms with E-state index in [1.807, 2.05) is 6.92 Å². The molecule has 0 radical (unpaired) electrons. The molecule has 0 saturated carbocycles. The summed E-state index contributed by atoms with van der Waals surface area (Å²) in [4.78, 5) is 26.8. The van der Waals surface area contributed by atoms with Gasteiger partial charge in [-0.1, -0.05) is 6.42 Å². The normalized spacial score (nSPS) is 19.5. The maximum Gasteiger partial charge on any atom is 0.267 e. The molecule has 1 atom stereocenters. The molecule has 24 heavy (non-hydrogen) atoms. The number of nitrogens with one attached hydrogen (secondary N) is 2. The first-order valence-electron chi connectivity index (χ1n) is 9.27. The lowest BCUT2D eigenvalue weighted by molar-refractivity contribution is -0.122. The second-order valence-corrected chi connectivity index (χ2v) is 7.02. The number of aromatic nitrogens is 2. The quantitative estimate of drug-likeness (QED) is 0.853. The minimum atomic E-state index is -0.324. The topological polar surface area (TPSA) is 78.1 Å². The zero-order valence-corrected chi connectivity index (χ0v) is 14.6. The van der Waals surface area contributed by atoms with Crippen LogP contribution < -0.4 is 10.9 Å². The molecule has 0 aromatic carbocycles. The number of carbonyl (C=O) groups excluding carboxylic acids is 1. The zero-order chi connectivity index (χ0) is 16.9. The number of amides is 1. The van der Waals surface area contributed by atoms with Gasteiger partial charge in [0.15, 0.2) is 0 Å². The smallest absolute Gasteiger partial charge is 0.267 e. The average molecular weight is 332 g/mol. The number of piperidine rings is 1. The highest BCUT2D eigenvalue weighted by Gasteiger charge is 2.25. The van der Waals surface area contributed by atoms with Gasteiger partial charge in [0.1, 0.15) is 0 Å². The van der Waals surface area contributed by atoms with Gasteiger partial charge in [0.25, 0.3) is 5.56 Å². The van der Waals surface area contributed by atoms with Gasteiger partial charge in [0, 0.05) is 18.7 Å². The molecule has 1 unspecified atom stereocenters. The Labute approximate surface area is 143 Å². The summed E-state index contributed by atoms with van der Waals surface area (Å²) in [6.07, 6.45) is 7.60. The van der Waals surface area contributed by atoms with Gasteiger partial charge in [0.2, 0.25) is 5.91 Å². The van der Waals surface area contributed by atoms with E-state index in [-0.39, 0.29) is 17.4 Å². The highest BCUT2D eigenvalue weighted by molar-refractivity contribution is 5.83. The van der Waals surface area contributed by atoms with Crippen LogP contribution in [0.25, 0.3) is 0 Å². The van der Waals surface area contributed by atoms with Gasteiger partial charge < -0.3 is 10.2 Å². The fourth-order valence-electron chi connectivity index (χ4n) is 3.84. The van der Waals surface area contributed by atoms with E-state index in [1.54, 1.807) is 0 Å². The second kappa shape index (κ2) is 7.92. The maximum atomic E-state index is 12.5. The molecule has 1 fully saturated rings. The molecule has 3 rings (SSSR count). The van der Waals surface area contributed by atoms with Crippen molar-refractivity contribution >= 4 is 5.91 Å². The van der Waals surface area contributed by atoms with Crippen LogP contribution in [-0.2, 0) is 17.6 Å². The molecule has 1 amide bonds. The average Bonchev–Trinajstić information content (AvgIpc) is 2.62. The number of carbonyl (C=O) groups is 1. The van der Waals surface area contributed by atoms with Crippen LogP contribution in [0.1, 0.15) is 61.8 Å². The summed E-state index contributed by atoms with van der Waals surface area (Å²) < 4.78 is 0. The lowest BCUT2D eigenvalue weighted by Gasteiger charge is -2.26. The molecule has 2 aliphatic rings. The monoisotopic (exact) mass is 332 g/mol. The van der Waals surface area contributed by atoms with Crippen LogP contribution >= 0.6 is 0 Å². The number of rotatable bonds is 5. The van der Waals surface area contributed by atoms with Crippen molar-refractivity contribution in [2.45, 2.75) is 57.8 Å². The molecule has 2 heterocycles. The summed E-state index contributed by atoms with van der Waals surface area (Å²) in [5.74, 6) is -0.325. The number of H-pyrrole nitrogens is 1. The number of hydrogen-bond acceptors (Lipinski definition) is 4. The molecular weight excluding hydrogens is 304 g/mol. The Morgan fingerprint density at radius 1 is 1.17 bits per heavy atom. The summed E-state index contributed by atoms with van der Waals surface area (Å²) >= 11 is 0. The molecule has 1 aromatic rings. The molecular formula is C18H28N4O2. The van der Waals surface area contributed by atoms with Crippen molar-refractivity contribution in [3.63, 3.8) is 0 Å². The first-order chi connectivity index (χ1) is 11.7. The van der Waals surface area contributed by atoms with Crippen LogP contribution in [0.5, 0.6) is 0 Å². The third-order valence-electron chi connectivity index (χ3n) is 5.31. The molecule has 1 aliphatic heterocycles. The van der Waals surface area contributed by atoms with Crippen molar-refractivity contribution < 1.29 is 4.79 Å². The molecule has 0 spiro atoms. The van der Waals surface area contributed by atoms with E-state index in [4.69, 9.17) is 0 Å². The van der Waals surface area contributed by atoms with Crippen LogP contribution in [0, 0.1) is 0 Å². The minimum Gasteiger partial charge on any atom is -0.354 e. The van der Waals surface area contributed by atoms with Crippen LogP contribution in [0.2, 0.25) is 0 Å². The zero-order valence-electron chi connectivity index (χ0n) is 14.6. The van der Waals surface area contributed by atoms with E-state index in [0.29, 0.717) is 6.54 Å². The van der Waals surface area contributed by atoms with Gasteiger partial charge in [-0.05, 0) is 64.1 Å². The Morgan fingerprint density at radius 3 is 2.62 bits per heavy atom. The molecule has 1 saturated heterocycles. The third-order valence-corrected chi connectivity index (χ3v) is 5.31. The Bertz CT molecular complexity index is 634. The van der Waals surface area contributed by atoms with Crippen LogP contribution in [-0.4, -0.2) is 47.2 Å². The first-order valence-corrected chi connectivity index (χ1v) is 9.27. The summed E-state index contributed by atoms with van der Waals surface area (Å²) in [7, 11) is 0. The van der Waals surface area contributed by atoms with Gasteiger partial charge in [-0.2, -0.15) is 5.10 Å². The minimum absolute atomic E-state index is 0.000619. The van der Waals surface area contributed by atoms with Gasteiger partial charge in [-0.15, -0.1) is 0 Å². The number of likely N-dealkylation sites (tertiary alicyclic amines) is 1. The molecule has 6 heteroatoms. The maximum absolute atomic E-state index is 12.5. The highest BCUT2D eigenvalue weighted by atomic mass is 16.2. The third kappa shape index (κ3) is 3.86. The van der Waals surface area contributed by atoms with Crippen LogP contribution in [0.4, 0.5) is 0 Å². The molecule has 1 aliphatic carbocycles. The van der Waals surface area contributed by atoms with Crippen molar-refractivity contribution in [2.24, 2.45) is 0 Å². The van der Waals surface area contributed by atoms with Crippen molar-refractivity contribution in [2.75, 3.05) is 26.2 Å². The predicted octanol–water partition coefficient (Wildman–Crippen LogP) is 1.35. The van der Waals surface area contributed by atoms with Gasteiger partial charge in [-0.25, -0.2) is 5.10 Å². The fraction of sp³-hybridized carbons (Fsp3) is 0.722. The van der Waals surface area contributed by atoms with Crippen molar-refractivity contribution in [1.29, 1.82) is 0 Å². The first kappa shape index (κ1) is 17.1. The number of nitrogens with zero attached hydrogens (tertiary/aromatic N) is 2. The molecule has 1 aromatic heterocycles. The van der Waals surface area contributed by atoms with E-state index in [0.717, 1.165) is 62.1 Å². The Kier molecular flexibility index (Phi) is 5.66. The number of fused-ring (bicyclic) bond motifs is 1. The Morgan fingerprint density at radius 2 is 1.88 bits per heavy atom. The standard InChI is InChI=1S/C18H28N4O2/c1-13(17(23)19-9-12-22-10-5-2-6-11-22)16-14-7-3-4-8-15(14)18(24)21-20-16/h13H,2-12H2,1H3,(H,19,23)(H,21,24). The fourth-order valence-corrected chi connectivity index (χ4v) is 3.84. The summed E-state index contributed by atoms with van der Waals surface area (Å²) in [6.45, 7) is 5.75. The van der Waals surface area contributed by atoms with Crippen LogP contribution in [0.3, 0.4) is 0 Å². The molecule has 6 nitrogen and oxygen atoms in total. The van der Waals surface area contributed by atoms with Gasteiger partial charge in [-0.3, -0.25) is 9.59 Å². The predicted molar refractivity (Wildman–Crippen MR) is 93.2 cm³/mol. The van der Waals surface area contributed by atoms with Gasteiger partial charge in [0.05, 0.1) is 11.6 Å². The van der Waals surface area contributed by atoms with Crippen LogP contribution in [0.15, 0.2) is 4.79 Å².